The first kappa shape index (κ1) is 11.0. The van der Waals surface area contributed by atoms with E-state index in [-0.39, 0.29) is 11.9 Å². The molecule has 0 aromatic carbocycles. The molecule has 0 aliphatic carbocycles. The molecule has 0 radical (unpaired) electrons. The minimum absolute atomic E-state index is 0.00533. The summed E-state index contributed by atoms with van der Waals surface area (Å²) in [7, 11) is 0. The number of carbonyl (C=O) groups is 1. The molecule has 0 saturated heterocycles. The molecule has 0 aromatic heterocycles. The first-order chi connectivity index (χ1) is 5.56. The highest BCUT2D eigenvalue weighted by Crippen LogP contribution is 1.92. The van der Waals surface area contributed by atoms with E-state index in [1.807, 2.05) is 13.8 Å². The molecule has 0 aromatic rings. The second-order valence-electron chi connectivity index (χ2n) is 2.94. The molecule has 70 valence electrons. The van der Waals surface area contributed by atoms with Gasteiger partial charge in [-0.1, -0.05) is 13.5 Å². The Balaban J connectivity index is 3.52. The second-order valence-corrected chi connectivity index (χ2v) is 2.94. The second kappa shape index (κ2) is 5.63. The summed E-state index contributed by atoms with van der Waals surface area (Å²) in [4.78, 5) is 10.5. The summed E-state index contributed by atoms with van der Waals surface area (Å²) in [6, 6.07) is 0.251. The highest BCUT2D eigenvalue weighted by molar-refractivity contribution is 5.72. The predicted octanol–water partition coefficient (Wildman–Crippen LogP) is 1.02. The molecule has 1 atom stereocenters. The third kappa shape index (κ3) is 5.77. The number of hydrogen-bond acceptors (Lipinski definition) is 2. The molecule has 0 spiro atoms. The average Bonchev–Trinajstić information content (AvgIpc) is 2.00. The van der Waals surface area contributed by atoms with E-state index in [0.29, 0.717) is 6.54 Å². The fraction of sp³-hybridized carbons (Fsp3) is 0.667. The molecule has 2 N–H and O–H groups in total. The normalized spacial score (nSPS) is 11.9. The Kier molecular flexibility index (Phi) is 5.17. The summed E-state index contributed by atoms with van der Waals surface area (Å²) in [5.41, 5.74) is 1.01. The smallest absolute Gasteiger partial charge is 0.216 e. The van der Waals surface area contributed by atoms with Crippen LogP contribution in [-0.2, 0) is 4.79 Å². The van der Waals surface area contributed by atoms with Crippen LogP contribution in [0.2, 0.25) is 0 Å². The van der Waals surface area contributed by atoms with E-state index >= 15 is 0 Å². The Morgan fingerprint density at radius 1 is 1.58 bits per heavy atom. The molecular weight excluding hydrogens is 152 g/mol. The van der Waals surface area contributed by atoms with Gasteiger partial charge in [-0.25, -0.2) is 0 Å². The minimum atomic E-state index is 0.00533. The van der Waals surface area contributed by atoms with Gasteiger partial charge < -0.3 is 10.6 Å². The van der Waals surface area contributed by atoms with Gasteiger partial charge in [0, 0.05) is 25.2 Å². The topological polar surface area (TPSA) is 41.1 Å². The van der Waals surface area contributed by atoms with Crippen molar-refractivity contribution in [1.82, 2.24) is 10.6 Å². The Morgan fingerprint density at radius 2 is 2.17 bits per heavy atom. The Morgan fingerprint density at radius 3 is 2.58 bits per heavy atom. The molecule has 0 aliphatic heterocycles. The molecule has 0 heterocycles. The molecule has 0 rings (SSSR count). The van der Waals surface area contributed by atoms with Crippen LogP contribution in [0.4, 0.5) is 0 Å². The largest absolute Gasteiger partial charge is 0.385 e. The standard InChI is InChI=1S/C9H18N2O/c1-5-7(2)11-8(3)6-10-9(4)12/h8,11H,2,5-6H2,1,3-4H3,(H,10,12)/t8-/m0/s1. The van der Waals surface area contributed by atoms with Gasteiger partial charge in [0.15, 0.2) is 0 Å². The molecule has 3 nitrogen and oxygen atoms in total. The maximum absolute atomic E-state index is 10.5. The number of allylic oxidation sites excluding steroid dienone is 1. The van der Waals surface area contributed by atoms with Crippen molar-refractivity contribution in [2.45, 2.75) is 33.2 Å². The lowest BCUT2D eigenvalue weighted by Crippen LogP contribution is -2.37. The van der Waals surface area contributed by atoms with Gasteiger partial charge >= 0.3 is 0 Å². The number of carbonyl (C=O) groups excluding carboxylic acids is 1. The average molecular weight is 170 g/mol. The van der Waals surface area contributed by atoms with Crippen LogP contribution in [0.15, 0.2) is 12.3 Å². The summed E-state index contributed by atoms with van der Waals surface area (Å²) >= 11 is 0. The van der Waals surface area contributed by atoms with E-state index in [1.54, 1.807) is 0 Å². The van der Waals surface area contributed by atoms with Gasteiger partial charge in [-0.3, -0.25) is 4.79 Å². The summed E-state index contributed by atoms with van der Waals surface area (Å²) in [6.45, 7) is 10.0. The molecule has 0 saturated carbocycles. The van der Waals surface area contributed by atoms with Crippen molar-refractivity contribution >= 4 is 5.91 Å². The Hall–Kier alpha value is -0.990. The lowest BCUT2D eigenvalue weighted by Gasteiger charge is -2.16. The monoisotopic (exact) mass is 170 g/mol. The van der Waals surface area contributed by atoms with Crippen LogP contribution >= 0.6 is 0 Å². The van der Waals surface area contributed by atoms with Crippen LogP contribution < -0.4 is 10.6 Å². The fourth-order valence-corrected chi connectivity index (χ4v) is 0.798. The minimum Gasteiger partial charge on any atom is -0.385 e. The van der Waals surface area contributed by atoms with Gasteiger partial charge in [0.1, 0.15) is 0 Å². The third-order valence-corrected chi connectivity index (χ3v) is 1.53. The molecular formula is C9H18N2O. The lowest BCUT2D eigenvalue weighted by atomic mass is 10.3. The van der Waals surface area contributed by atoms with Crippen molar-refractivity contribution in [2.75, 3.05) is 6.54 Å². The molecule has 0 fully saturated rings. The molecule has 12 heavy (non-hydrogen) atoms. The number of hydrogen-bond donors (Lipinski definition) is 2. The van der Waals surface area contributed by atoms with Gasteiger partial charge in [0.2, 0.25) is 5.91 Å². The molecule has 0 unspecified atom stereocenters. The van der Waals surface area contributed by atoms with E-state index in [0.717, 1.165) is 12.1 Å². The molecule has 0 bridgehead atoms. The quantitative estimate of drug-likeness (QED) is 0.647. The van der Waals surface area contributed by atoms with E-state index in [9.17, 15) is 4.79 Å². The van der Waals surface area contributed by atoms with Crippen molar-refractivity contribution in [2.24, 2.45) is 0 Å². The van der Waals surface area contributed by atoms with Crippen molar-refractivity contribution in [3.8, 4) is 0 Å². The highest BCUT2D eigenvalue weighted by atomic mass is 16.1. The lowest BCUT2D eigenvalue weighted by molar-refractivity contribution is -0.119. The Bertz CT molecular complexity index is 166. The Labute approximate surface area is 74.2 Å². The van der Waals surface area contributed by atoms with Gasteiger partial charge in [-0.05, 0) is 13.3 Å². The zero-order chi connectivity index (χ0) is 9.56. The number of nitrogens with one attached hydrogen (secondary N) is 2. The molecule has 0 aliphatic rings. The van der Waals surface area contributed by atoms with Crippen molar-refractivity contribution < 1.29 is 4.79 Å². The first-order valence-corrected chi connectivity index (χ1v) is 4.25. The van der Waals surface area contributed by atoms with Gasteiger partial charge in [-0.2, -0.15) is 0 Å². The van der Waals surface area contributed by atoms with Gasteiger partial charge in [0.05, 0.1) is 0 Å². The predicted molar refractivity (Wildman–Crippen MR) is 50.7 cm³/mol. The van der Waals surface area contributed by atoms with Crippen molar-refractivity contribution in [3.63, 3.8) is 0 Å². The van der Waals surface area contributed by atoms with E-state index in [1.165, 1.54) is 6.92 Å². The van der Waals surface area contributed by atoms with E-state index in [2.05, 4.69) is 17.2 Å². The van der Waals surface area contributed by atoms with Crippen LogP contribution in [0.5, 0.6) is 0 Å². The zero-order valence-corrected chi connectivity index (χ0v) is 8.11. The third-order valence-electron chi connectivity index (χ3n) is 1.53. The summed E-state index contributed by atoms with van der Waals surface area (Å²) in [5.74, 6) is 0.00533. The highest BCUT2D eigenvalue weighted by Gasteiger charge is 2.01. The van der Waals surface area contributed by atoms with Gasteiger partial charge in [-0.15, -0.1) is 0 Å². The van der Waals surface area contributed by atoms with Crippen LogP contribution in [0, 0.1) is 0 Å². The maximum atomic E-state index is 10.5. The SMILES string of the molecule is C=C(CC)N[C@@H](C)CNC(C)=O. The molecule has 3 heteroatoms. The fourth-order valence-electron chi connectivity index (χ4n) is 0.798. The molecule has 1 amide bonds. The van der Waals surface area contributed by atoms with Crippen molar-refractivity contribution in [3.05, 3.63) is 12.3 Å². The van der Waals surface area contributed by atoms with Crippen LogP contribution in [0.1, 0.15) is 27.2 Å². The van der Waals surface area contributed by atoms with Crippen LogP contribution in [0.25, 0.3) is 0 Å². The first-order valence-electron chi connectivity index (χ1n) is 4.25. The van der Waals surface area contributed by atoms with Crippen LogP contribution in [0.3, 0.4) is 0 Å². The number of rotatable bonds is 5. The van der Waals surface area contributed by atoms with Crippen LogP contribution in [-0.4, -0.2) is 18.5 Å². The summed E-state index contributed by atoms with van der Waals surface area (Å²) in [5, 5.41) is 5.91. The maximum Gasteiger partial charge on any atom is 0.216 e. The number of amides is 1. The van der Waals surface area contributed by atoms with Crippen molar-refractivity contribution in [1.29, 1.82) is 0 Å². The zero-order valence-electron chi connectivity index (χ0n) is 8.11. The van der Waals surface area contributed by atoms with E-state index in [4.69, 9.17) is 0 Å². The summed E-state index contributed by atoms with van der Waals surface area (Å²) < 4.78 is 0. The van der Waals surface area contributed by atoms with Gasteiger partial charge in [0.25, 0.3) is 0 Å². The summed E-state index contributed by atoms with van der Waals surface area (Å²) in [6.07, 6.45) is 0.921. The van der Waals surface area contributed by atoms with E-state index < -0.39 is 0 Å².